The van der Waals surface area contributed by atoms with Gasteiger partial charge in [-0.15, -0.1) is 0 Å². The first-order valence-corrected chi connectivity index (χ1v) is 12.2. The Kier molecular flexibility index (Phi) is 6.12. The molecule has 0 amide bonds. The molecule has 0 spiro atoms. The van der Waals surface area contributed by atoms with Crippen LogP contribution in [0.1, 0.15) is 33.3 Å². The van der Waals surface area contributed by atoms with E-state index in [-0.39, 0.29) is 11.7 Å². The third kappa shape index (κ3) is 4.44. The van der Waals surface area contributed by atoms with Crippen LogP contribution in [0, 0.1) is 0 Å². The fourth-order valence-corrected chi connectivity index (χ4v) is 5.34. The molecular formula is C25H24ClN5O2S. The maximum Gasteiger partial charge on any atom is 0.232 e. The summed E-state index contributed by atoms with van der Waals surface area (Å²) in [5, 5.41) is 20.3. The summed E-state index contributed by atoms with van der Waals surface area (Å²) in [5.74, 6) is -0.0964. The number of benzene rings is 2. The van der Waals surface area contributed by atoms with Gasteiger partial charge in [0.15, 0.2) is 10.9 Å². The van der Waals surface area contributed by atoms with E-state index in [1.807, 2.05) is 30.3 Å². The molecule has 174 valence electrons. The van der Waals surface area contributed by atoms with E-state index in [1.54, 1.807) is 18.3 Å². The van der Waals surface area contributed by atoms with Crippen molar-refractivity contribution in [3.05, 3.63) is 69.2 Å². The minimum absolute atomic E-state index is 0.0178. The molecule has 1 aliphatic heterocycles. The molecule has 2 aromatic carbocycles. The first-order valence-electron chi connectivity index (χ1n) is 11.0. The molecule has 0 unspecified atom stereocenters. The van der Waals surface area contributed by atoms with Crippen LogP contribution in [0.5, 0.6) is 5.88 Å². The Morgan fingerprint density at radius 2 is 1.97 bits per heavy atom. The van der Waals surface area contributed by atoms with Gasteiger partial charge in [-0.25, -0.2) is 0 Å². The molecule has 34 heavy (non-hydrogen) atoms. The first-order chi connectivity index (χ1) is 16.4. The van der Waals surface area contributed by atoms with Crippen molar-refractivity contribution in [1.82, 2.24) is 20.1 Å². The van der Waals surface area contributed by atoms with E-state index in [9.17, 15) is 9.90 Å². The number of halogens is 1. The molecule has 3 heterocycles. The lowest BCUT2D eigenvalue weighted by atomic mass is 9.97. The van der Waals surface area contributed by atoms with E-state index in [0.29, 0.717) is 15.5 Å². The Balaban J connectivity index is 1.65. The van der Waals surface area contributed by atoms with Crippen LogP contribution in [0.4, 0.5) is 5.13 Å². The van der Waals surface area contributed by atoms with E-state index in [1.165, 1.54) is 18.3 Å². The highest BCUT2D eigenvalue weighted by atomic mass is 35.5. The molecule has 7 nitrogen and oxygen atoms in total. The lowest BCUT2D eigenvalue weighted by Crippen LogP contribution is -2.44. The van der Waals surface area contributed by atoms with E-state index in [4.69, 9.17) is 11.6 Å². The van der Waals surface area contributed by atoms with E-state index < -0.39 is 0 Å². The summed E-state index contributed by atoms with van der Waals surface area (Å²) in [7, 11) is 2.10. The molecule has 1 fully saturated rings. The molecule has 2 N–H and O–H groups in total. The Bertz CT molecular complexity index is 1400. The number of rotatable bonds is 5. The van der Waals surface area contributed by atoms with Gasteiger partial charge in [0, 0.05) is 47.7 Å². The van der Waals surface area contributed by atoms with Gasteiger partial charge in [0.25, 0.3) is 0 Å². The number of hydrogen-bond acceptors (Lipinski definition) is 7. The van der Waals surface area contributed by atoms with Gasteiger partial charge >= 0.3 is 0 Å². The summed E-state index contributed by atoms with van der Waals surface area (Å²) >= 11 is 7.63. The van der Waals surface area contributed by atoms with Crippen molar-refractivity contribution < 1.29 is 9.90 Å². The molecule has 1 aliphatic rings. The average molecular weight is 494 g/mol. The maximum absolute atomic E-state index is 12.3. The number of ketones is 1. The zero-order valence-electron chi connectivity index (χ0n) is 18.9. The molecular weight excluding hydrogens is 470 g/mol. The van der Waals surface area contributed by atoms with Gasteiger partial charge in [0.2, 0.25) is 5.88 Å². The van der Waals surface area contributed by atoms with Crippen LogP contribution >= 0.6 is 22.9 Å². The third-order valence-corrected chi connectivity index (χ3v) is 7.44. The number of H-pyrrole nitrogens is 1. The molecule has 4 aromatic rings. The second-order valence-electron chi connectivity index (χ2n) is 8.46. The number of Topliss-reactive ketones (excluding diaryl/α,β-unsaturated/α-hetero) is 1. The maximum atomic E-state index is 12.3. The van der Waals surface area contributed by atoms with Crippen LogP contribution in [-0.4, -0.2) is 64.2 Å². The predicted octanol–water partition coefficient (Wildman–Crippen LogP) is 4.92. The van der Waals surface area contributed by atoms with Crippen molar-refractivity contribution in [2.75, 3.05) is 38.1 Å². The van der Waals surface area contributed by atoms with Crippen molar-refractivity contribution in [1.29, 1.82) is 0 Å². The highest BCUT2D eigenvalue weighted by Gasteiger charge is 2.23. The van der Waals surface area contributed by atoms with E-state index in [0.717, 1.165) is 58.9 Å². The number of carbonyl (C=O) groups excluding carboxylic acids is 1. The first kappa shape index (κ1) is 22.6. The van der Waals surface area contributed by atoms with Gasteiger partial charge in [-0.2, -0.15) is 10.1 Å². The number of aromatic hydroxyl groups is 1. The SMILES string of the molecule is CC(=O)c1cc(Cl)ccc1C=C(c1ccc2[nH]ncc2c1)c1sc(N2CCN(C)CC2)nc1O. The van der Waals surface area contributed by atoms with E-state index >= 15 is 0 Å². The van der Waals surface area contributed by atoms with E-state index in [2.05, 4.69) is 32.0 Å². The summed E-state index contributed by atoms with van der Waals surface area (Å²) in [6, 6.07) is 11.2. The van der Waals surface area contributed by atoms with Crippen molar-refractivity contribution in [2.24, 2.45) is 0 Å². The van der Waals surface area contributed by atoms with Gasteiger partial charge in [-0.3, -0.25) is 9.89 Å². The lowest BCUT2D eigenvalue weighted by Gasteiger charge is -2.31. The molecule has 0 saturated carbocycles. The quantitative estimate of drug-likeness (QED) is 0.303. The van der Waals surface area contributed by atoms with Gasteiger partial charge in [0.05, 0.1) is 11.7 Å². The Labute approximate surface area is 206 Å². The van der Waals surface area contributed by atoms with Crippen molar-refractivity contribution in [3.8, 4) is 5.88 Å². The van der Waals surface area contributed by atoms with Crippen LogP contribution in [0.25, 0.3) is 22.6 Å². The van der Waals surface area contributed by atoms with Crippen LogP contribution in [0.15, 0.2) is 42.6 Å². The number of nitrogens with one attached hydrogen (secondary N) is 1. The summed E-state index contributed by atoms with van der Waals surface area (Å²) in [6.45, 7) is 5.13. The molecule has 1 saturated heterocycles. The van der Waals surface area contributed by atoms with Gasteiger partial charge < -0.3 is 14.9 Å². The molecule has 5 rings (SSSR count). The molecule has 0 atom stereocenters. The number of fused-ring (bicyclic) bond motifs is 1. The third-order valence-electron chi connectivity index (χ3n) is 6.06. The van der Waals surface area contributed by atoms with Crippen LogP contribution in [0.3, 0.4) is 0 Å². The number of nitrogens with zero attached hydrogens (tertiary/aromatic N) is 4. The summed E-state index contributed by atoms with van der Waals surface area (Å²) < 4.78 is 0. The Morgan fingerprint density at radius 1 is 1.18 bits per heavy atom. The fourth-order valence-electron chi connectivity index (χ4n) is 4.11. The monoisotopic (exact) mass is 493 g/mol. The number of thiazole rings is 1. The second kappa shape index (κ2) is 9.21. The van der Waals surface area contributed by atoms with Gasteiger partial charge in [-0.05, 0) is 55.4 Å². The number of aromatic amines is 1. The number of likely N-dealkylation sites (N-methyl/N-ethyl adjacent to an activating group) is 1. The van der Waals surface area contributed by atoms with Crippen LogP contribution in [0.2, 0.25) is 5.02 Å². The standard InChI is InChI=1S/C25H24ClN5O2S/c1-15(32)20-13-19(26)5-3-17(20)12-21(16-4-6-22-18(11-16)14-27-29-22)23-24(33)28-25(34-23)31-9-7-30(2)8-10-31/h3-6,11-14,33H,7-10H2,1-2H3,(H,27,29). The smallest absolute Gasteiger partial charge is 0.232 e. The largest absolute Gasteiger partial charge is 0.492 e. The summed E-state index contributed by atoms with van der Waals surface area (Å²) in [4.78, 5) is 22.0. The van der Waals surface area contributed by atoms with Crippen LogP contribution in [-0.2, 0) is 0 Å². The summed E-state index contributed by atoms with van der Waals surface area (Å²) in [5.41, 5.74) is 3.85. The average Bonchev–Trinajstić information content (AvgIpc) is 3.44. The molecule has 0 radical (unpaired) electrons. The second-order valence-corrected chi connectivity index (χ2v) is 9.87. The minimum atomic E-state index is -0.0787. The van der Waals surface area contributed by atoms with Crippen LogP contribution < -0.4 is 4.90 Å². The molecule has 0 bridgehead atoms. The van der Waals surface area contributed by atoms with Crippen molar-refractivity contribution in [3.63, 3.8) is 0 Å². The Morgan fingerprint density at radius 3 is 2.74 bits per heavy atom. The number of piperazine rings is 1. The van der Waals surface area contributed by atoms with Gasteiger partial charge in [-0.1, -0.05) is 35.1 Å². The number of aromatic nitrogens is 3. The Hall–Kier alpha value is -3.20. The lowest BCUT2D eigenvalue weighted by molar-refractivity contribution is 0.101. The molecule has 2 aromatic heterocycles. The fraction of sp³-hybridized carbons (Fsp3) is 0.240. The highest BCUT2D eigenvalue weighted by molar-refractivity contribution is 7.17. The highest BCUT2D eigenvalue weighted by Crippen LogP contribution is 2.41. The predicted molar refractivity (Wildman–Crippen MR) is 138 cm³/mol. The zero-order valence-corrected chi connectivity index (χ0v) is 20.5. The zero-order chi connectivity index (χ0) is 23.8. The molecule has 9 heteroatoms. The normalized spacial score (nSPS) is 15.3. The van der Waals surface area contributed by atoms with Crippen molar-refractivity contribution in [2.45, 2.75) is 6.92 Å². The molecule has 0 aliphatic carbocycles. The number of hydrogen-bond donors (Lipinski definition) is 2. The minimum Gasteiger partial charge on any atom is -0.492 e. The number of anilines is 1. The van der Waals surface area contributed by atoms with Crippen molar-refractivity contribution >= 4 is 56.4 Å². The van der Waals surface area contributed by atoms with Gasteiger partial charge in [0.1, 0.15) is 4.88 Å². The number of carbonyl (C=O) groups is 1. The topological polar surface area (TPSA) is 85.4 Å². The summed E-state index contributed by atoms with van der Waals surface area (Å²) in [6.07, 6.45) is 3.69.